The summed E-state index contributed by atoms with van der Waals surface area (Å²) < 4.78 is 39.6. The molecule has 3 rings (SSSR count). The van der Waals surface area contributed by atoms with Gasteiger partial charge < -0.3 is 9.47 Å². The fraction of sp³-hybridized carbons (Fsp3) is 0.333. The molecule has 0 bridgehead atoms. The predicted molar refractivity (Wildman–Crippen MR) is 92.6 cm³/mol. The predicted octanol–water partition coefficient (Wildman–Crippen LogP) is 1.21. The maximum atomic E-state index is 14.6. The van der Waals surface area contributed by atoms with Crippen molar-refractivity contribution in [3.8, 4) is 0 Å². The van der Waals surface area contributed by atoms with E-state index in [-0.39, 0.29) is 24.1 Å². The van der Waals surface area contributed by atoms with Gasteiger partial charge in [-0.3, -0.25) is 24.1 Å². The summed E-state index contributed by atoms with van der Waals surface area (Å²) in [5.74, 6) is -7.61. The van der Waals surface area contributed by atoms with E-state index >= 15 is 0 Å². The third-order valence-electron chi connectivity index (χ3n) is 4.39. The van der Waals surface area contributed by atoms with E-state index in [4.69, 9.17) is 9.47 Å². The molecule has 1 aliphatic rings. The topological polar surface area (TPSA) is 94.9 Å². The van der Waals surface area contributed by atoms with Gasteiger partial charge in [0.1, 0.15) is 5.56 Å². The van der Waals surface area contributed by atoms with Gasteiger partial charge in [0.15, 0.2) is 17.6 Å². The van der Waals surface area contributed by atoms with Crippen LogP contribution in [-0.2, 0) is 19.1 Å². The number of esters is 2. The molecule has 10 heteroatoms. The van der Waals surface area contributed by atoms with Crippen LogP contribution in [-0.4, -0.2) is 42.8 Å². The Balaban J connectivity index is 2.44. The number of likely N-dealkylation sites (N-methyl/N-ethyl adjacent to an activating group) is 1. The zero-order chi connectivity index (χ0) is 20.7. The van der Waals surface area contributed by atoms with E-state index in [0.29, 0.717) is 6.07 Å². The van der Waals surface area contributed by atoms with Gasteiger partial charge in [0.05, 0.1) is 24.1 Å². The number of nitrogens with zero attached hydrogens (tertiary/aromatic N) is 2. The summed E-state index contributed by atoms with van der Waals surface area (Å²) in [6.45, 7) is 2.93. The monoisotopic (exact) mass is 394 g/mol. The van der Waals surface area contributed by atoms with Crippen LogP contribution >= 0.6 is 0 Å². The van der Waals surface area contributed by atoms with Crippen LogP contribution in [0.3, 0.4) is 0 Å². The van der Waals surface area contributed by atoms with Crippen LogP contribution in [0.2, 0.25) is 0 Å². The average Bonchev–Trinajstić information content (AvgIpc) is 2.64. The zero-order valence-corrected chi connectivity index (χ0v) is 15.2. The molecule has 0 saturated carbocycles. The maximum absolute atomic E-state index is 14.6. The molecule has 0 N–H and O–H groups in total. The van der Waals surface area contributed by atoms with Gasteiger partial charge in [-0.15, -0.1) is 0 Å². The molecular formula is C18H16F2N2O6. The van der Waals surface area contributed by atoms with Gasteiger partial charge in [-0.2, -0.15) is 0 Å². The van der Waals surface area contributed by atoms with E-state index in [1.54, 1.807) is 0 Å². The average molecular weight is 394 g/mol. The molecule has 1 aromatic carbocycles. The summed E-state index contributed by atoms with van der Waals surface area (Å²) in [4.78, 5) is 49.8. The molecule has 0 fully saturated rings. The number of hydrogen-bond donors (Lipinski definition) is 0. The minimum atomic E-state index is -1.78. The van der Waals surface area contributed by atoms with E-state index in [1.807, 2.05) is 0 Å². The van der Waals surface area contributed by atoms with E-state index < -0.39 is 52.0 Å². The summed E-state index contributed by atoms with van der Waals surface area (Å²) in [6.07, 6.45) is 1.00. The third-order valence-corrected chi connectivity index (χ3v) is 4.39. The van der Waals surface area contributed by atoms with Crippen molar-refractivity contribution in [3.05, 3.63) is 45.2 Å². The van der Waals surface area contributed by atoms with E-state index in [9.17, 15) is 28.0 Å². The third kappa shape index (κ3) is 2.72. The molecule has 28 heavy (non-hydrogen) atoms. The highest BCUT2D eigenvalue weighted by atomic mass is 19.2. The Labute approximate surface area is 157 Å². The molecule has 0 saturated heterocycles. The normalized spacial score (nSPS) is 15.7. The standard InChI is InChI=1S/C18H16F2N2O6/c1-4-27-17(25)9-7-22-14-8(15(9)23)6-10(19)13(20)11(14)12(16(24)21(22)3)18(26)28-5-2/h6-7,12H,4-5H2,1-3H3. The van der Waals surface area contributed by atoms with Crippen LogP contribution < -0.4 is 10.4 Å². The Morgan fingerprint density at radius 2 is 1.79 bits per heavy atom. The van der Waals surface area contributed by atoms with Crippen molar-refractivity contribution in [1.29, 1.82) is 0 Å². The lowest BCUT2D eigenvalue weighted by molar-refractivity contribution is -0.148. The van der Waals surface area contributed by atoms with Crippen molar-refractivity contribution in [2.45, 2.75) is 19.8 Å². The smallest absolute Gasteiger partial charge is 0.343 e. The first kappa shape index (κ1) is 19.5. The van der Waals surface area contributed by atoms with Gasteiger partial charge in [-0.1, -0.05) is 0 Å². The van der Waals surface area contributed by atoms with E-state index in [1.165, 1.54) is 20.9 Å². The number of hydrogen-bond acceptors (Lipinski definition) is 6. The van der Waals surface area contributed by atoms with Crippen LogP contribution in [0.25, 0.3) is 10.9 Å². The number of rotatable bonds is 4. The Morgan fingerprint density at radius 3 is 2.39 bits per heavy atom. The largest absolute Gasteiger partial charge is 0.465 e. The van der Waals surface area contributed by atoms with Gasteiger partial charge >= 0.3 is 11.9 Å². The molecule has 1 aliphatic heterocycles. The second kappa shape index (κ2) is 7.02. The first-order chi connectivity index (χ1) is 13.2. The quantitative estimate of drug-likeness (QED) is 0.572. The first-order valence-corrected chi connectivity index (χ1v) is 8.43. The second-order valence-corrected chi connectivity index (χ2v) is 5.97. The van der Waals surface area contributed by atoms with E-state index in [0.717, 1.165) is 15.9 Å². The summed E-state index contributed by atoms with van der Waals surface area (Å²) in [6, 6.07) is 0.627. The summed E-state index contributed by atoms with van der Waals surface area (Å²) >= 11 is 0. The molecule has 1 unspecified atom stereocenters. The number of benzene rings is 1. The molecule has 148 valence electrons. The number of pyridine rings is 1. The minimum absolute atomic E-state index is 0.0148. The van der Waals surface area contributed by atoms with Crippen molar-refractivity contribution < 1.29 is 32.6 Å². The lowest BCUT2D eigenvalue weighted by Crippen LogP contribution is -2.48. The van der Waals surface area contributed by atoms with Crippen molar-refractivity contribution in [1.82, 2.24) is 4.68 Å². The van der Waals surface area contributed by atoms with Crippen molar-refractivity contribution in [2.24, 2.45) is 0 Å². The molecular weight excluding hydrogens is 378 g/mol. The zero-order valence-electron chi connectivity index (χ0n) is 15.2. The Hall–Kier alpha value is -3.30. The molecule has 1 amide bonds. The van der Waals surface area contributed by atoms with Crippen molar-refractivity contribution in [2.75, 3.05) is 25.3 Å². The lowest BCUT2D eigenvalue weighted by Gasteiger charge is -2.33. The number of carbonyl (C=O) groups is 3. The Morgan fingerprint density at radius 1 is 1.14 bits per heavy atom. The molecule has 1 aromatic heterocycles. The van der Waals surface area contributed by atoms with Gasteiger partial charge in [-0.05, 0) is 19.9 Å². The SMILES string of the molecule is CCOC(=O)c1cn2c3c(c(F)c(F)cc3c1=O)C(C(=O)OCC)C(=O)N2C. The summed E-state index contributed by atoms with van der Waals surface area (Å²) in [5, 5.41) is 0.560. The highest BCUT2D eigenvalue weighted by molar-refractivity contribution is 6.12. The van der Waals surface area contributed by atoms with Crippen LogP contribution in [0.4, 0.5) is 8.78 Å². The van der Waals surface area contributed by atoms with Crippen LogP contribution in [0, 0.1) is 11.6 Å². The van der Waals surface area contributed by atoms with Crippen molar-refractivity contribution in [3.63, 3.8) is 0 Å². The fourth-order valence-electron chi connectivity index (χ4n) is 3.16. The highest BCUT2D eigenvalue weighted by Gasteiger charge is 2.42. The van der Waals surface area contributed by atoms with Crippen LogP contribution in [0.1, 0.15) is 35.7 Å². The van der Waals surface area contributed by atoms with Crippen molar-refractivity contribution >= 4 is 28.7 Å². The molecule has 0 aliphatic carbocycles. The minimum Gasteiger partial charge on any atom is -0.465 e. The highest BCUT2D eigenvalue weighted by Crippen LogP contribution is 2.35. The van der Waals surface area contributed by atoms with Crippen LogP contribution in [0.5, 0.6) is 0 Å². The first-order valence-electron chi connectivity index (χ1n) is 8.43. The molecule has 1 atom stereocenters. The van der Waals surface area contributed by atoms with Gasteiger partial charge in [0.2, 0.25) is 5.43 Å². The van der Waals surface area contributed by atoms with Crippen LogP contribution in [0.15, 0.2) is 17.1 Å². The maximum Gasteiger partial charge on any atom is 0.343 e. The van der Waals surface area contributed by atoms with E-state index in [2.05, 4.69) is 0 Å². The molecule has 8 nitrogen and oxygen atoms in total. The fourth-order valence-corrected chi connectivity index (χ4v) is 3.16. The number of ether oxygens (including phenoxy) is 2. The molecule has 2 aromatic rings. The number of halogens is 2. The second-order valence-electron chi connectivity index (χ2n) is 5.97. The Kier molecular flexibility index (Phi) is 4.88. The Bertz CT molecular complexity index is 1080. The van der Waals surface area contributed by atoms with Gasteiger partial charge in [0, 0.05) is 18.8 Å². The number of aromatic nitrogens is 1. The molecule has 0 radical (unpaired) electrons. The molecule has 2 heterocycles. The van der Waals surface area contributed by atoms with Gasteiger partial charge in [-0.25, -0.2) is 13.6 Å². The number of amides is 1. The summed E-state index contributed by atoms with van der Waals surface area (Å²) in [5.41, 5.74) is -2.17. The molecule has 0 spiro atoms. The van der Waals surface area contributed by atoms with Gasteiger partial charge in [0.25, 0.3) is 5.91 Å². The summed E-state index contributed by atoms with van der Waals surface area (Å²) in [7, 11) is 1.26. The lowest BCUT2D eigenvalue weighted by atomic mass is 9.92. The number of carbonyl (C=O) groups excluding carboxylic acids is 3.